The van der Waals surface area contributed by atoms with Crippen molar-refractivity contribution in [2.75, 3.05) is 24.3 Å². The third-order valence-electron chi connectivity index (χ3n) is 3.99. The van der Waals surface area contributed by atoms with Gasteiger partial charge in [0.25, 0.3) is 5.91 Å². The minimum atomic E-state index is -0.262. The minimum absolute atomic E-state index is 0.262. The Morgan fingerprint density at radius 2 is 1.96 bits per heavy atom. The van der Waals surface area contributed by atoms with Crippen molar-refractivity contribution in [2.45, 2.75) is 6.42 Å². The van der Waals surface area contributed by atoms with Crippen molar-refractivity contribution in [3.05, 3.63) is 83.0 Å². The van der Waals surface area contributed by atoms with Gasteiger partial charge in [-0.05, 0) is 48.4 Å². The van der Waals surface area contributed by atoms with E-state index < -0.39 is 0 Å². The average molecular weight is 382 g/mol. The predicted molar refractivity (Wildman–Crippen MR) is 109 cm³/mol. The van der Waals surface area contributed by atoms with Gasteiger partial charge in [-0.1, -0.05) is 35.9 Å². The Hall–Kier alpha value is -3.05. The fraction of sp³-hybridized carbons (Fsp3) is 0.143. The van der Waals surface area contributed by atoms with Crippen LogP contribution in [0.3, 0.4) is 0 Å². The second-order valence-corrected chi connectivity index (χ2v) is 6.33. The molecule has 0 unspecified atom stereocenters. The SMILES string of the molecule is COc1ccccc1C(=O)Nc1ccc(NCCc2cccc(Cl)c2)cn1. The molecule has 6 heteroatoms. The lowest BCUT2D eigenvalue weighted by Crippen LogP contribution is -2.14. The van der Waals surface area contributed by atoms with Crippen molar-refractivity contribution >= 4 is 29.0 Å². The van der Waals surface area contributed by atoms with Crippen LogP contribution >= 0.6 is 11.6 Å². The molecular formula is C21H20ClN3O2. The number of para-hydroxylation sites is 1. The summed E-state index contributed by atoms with van der Waals surface area (Å²) in [5.74, 6) is 0.738. The molecular weight excluding hydrogens is 362 g/mol. The molecule has 2 N–H and O–H groups in total. The molecule has 3 rings (SSSR count). The fourth-order valence-electron chi connectivity index (χ4n) is 2.63. The molecule has 0 fully saturated rings. The summed E-state index contributed by atoms with van der Waals surface area (Å²) < 4.78 is 5.21. The maximum absolute atomic E-state index is 12.4. The first-order valence-corrected chi connectivity index (χ1v) is 8.92. The Morgan fingerprint density at radius 1 is 1.11 bits per heavy atom. The van der Waals surface area contributed by atoms with E-state index in [0.717, 1.165) is 23.7 Å². The van der Waals surface area contributed by atoms with Gasteiger partial charge in [0.1, 0.15) is 11.6 Å². The number of hydrogen-bond acceptors (Lipinski definition) is 4. The third kappa shape index (κ3) is 5.21. The first-order valence-electron chi connectivity index (χ1n) is 8.54. The smallest absolute Gasteiger partial charge is 0.260 e. The molecule has 0 atom stereocenters. The number of hydrogen-bond donors (Lipinski definition) is 2. The normalized spacial score (nSPS) is 10.3. The third-order valence-corrected chi connectivity index (χ3v) is 4.22. The Kier molecular flexibility index (Phi) is 6.28. The van der Waals surface area contributed by atoms with E-state index in [0.29, 0.717) is 17.1 Å². The van der Waals surface area contributed by atoms with Gasteiger partial charge in [-0.15, -0.1) is 0 Å². The van der Waals surface area contributed by atoms with Crippen molar-refractivity contribution in [1.29, 1.82) is 0 Å². The summed E-state index contributed by atoms with van der Waals surface area (Å²) in [6, 6.07) is 18.5. The first kappa shape index (κ1) is 18.7. The molecule has 3 aromatic rings. The predicted octanol–water partition coefficient (Wildman–Crippen LogP) is 4.65. The zero-order chi connectivity index (χ0) is 19.1. The lowest BCUT2D eigenvalue weighted by Gasteiger charge is -2.10. The Morgan fingerprint density at radius 3 is 2.70 bits per heavy atom. The van der Waals surface area contributed by atoms with Crippen LogP contribution in [0.2, 0.25) is 5.02 Å². The van der Waals surface area contributed by atoms with Gasteiger partial charge in [-0.25, -0.2) is 4.98 Å². The molecule has 0 aliphatic heterocycles. The minimum Gasteiger partial charge on any atom is -0.496 e. The van der Waals surface area contributed by atoms with E-state index in [1.807, 2.05) is 36.4 Å². The highest BCUT2D eigenvalue weighted by atomic mass is 35.5. The van der Waals surface area contributed by atoms with Crippen LogP contribution in [0.15, 0.2) is 66.9 Å². The van der Waals surface area contributed by atoms with Crippen molar-refractivity contribution in [2.24, 2.45) is 0 Å². The monoisotopic (exact) mass is 381 g/mol. The van der Waals surface area contributed by atoms with Crippen molar-refractivity contribution < 1.29 is 9.53 Å². The summed E-state index contributed by atoms with van der Waals surface area (Å²) >= 11 is 5.99. The van der Waals surface area contributed by atoms with Gasteiger partial charge in [0.15, 0.2) is 0 Å². The molecule has 1 aromatic heterocycles. The van der Waals surface area contributed by atoms with E-state index in [2.05, 4.69) is 15.6 Å². The quantitative estimate of drug-likeness (QED) is 0.625. The molecule has 0 aliphatic carbocycles. The number of carbonyl (C=O) groups excluding carboxylic acids is 1. The molecule has 1 amide bonds. The molecule has 1 heterocycles. The number of aromatic nitrogens is 1. The first-order chi connectivity index (χ1) is 13.2. The average Bonchev–Trinajstić information content (AvgIpc) is 2.69. The van der Waals surface area contributed by atoms with Crippen LogP contribution in [0.5, 0.6) is 5.75 Å². The van der Waals surface area contributed by atoms with Crippen molar-refractivity contribution in [3.63, 3.8) is 0 Å². The highest BCUT2D eigenvalue weighted by molar-refractivity contribution is 6.30. The second kappa shape index (κ2) is 9.05. The zero-order valence-electron chi connectivity index (χ0n) is 14.9. The fourth-order valence-corrected chi connectivity index (χ4v) is 2.84. The number of nitrogens with zero attached hydrogens (tertiary/aromatic N) is 1. The van der Waals surface area contributed by atoms with E-state index in [-0.39, 0.29) is 5.91 Å². The van der Waals surface area contributed by atoms with E-state index in [1.165, 1.54) is 12.7 Å². The lowest BCUT2D eigenvalue weighted by molar-refractivity contribution is 0.102. The van der Waals surface area contributed by atoms with Crippen LogP contribution in [0.1, 0.15) is 15.9 Å². The van der Waals surface area contributed by atoms with Crippen LogP contribution in [0, 0.1) is 0 Å². The lowest BCUT2D eigenvalue weighted by atomic mass is 10.1. The van der Waals surface area contributed by atoms with Gasteiger partial charge in [-0.3, -0.25) is 4.79 Å². The van der Waals surface area contributed by atoms with Gasteiger partial charge in [0.05, 0.1) is 24.6 Å². The molecule has 5 nitrogen and oxygen atoms in total. The van der Waals surface area contributed by atoms with Crippen molar-refractivity contribution in [1.82, 2.24) is 4.98 Å². The van der Waals surface area contributed by atoms with Gasteiger partial charge in [-0.2, -0.15) is 0 Å². The number of pyridine rings is 1. The number of ether oxygens (including phenoxy) is 1. The number of nitrogens with one attached hydrogen (secondary N) is 2. The molecule has 0 radical (unpaired) electrons. The van der Waals surface area contributed by atoms with Crippen LogP contribution in [-0.2, 0) is 6.42 Å². The van der Waals surface area contributed by atoms with E-state index in [1.54, 1.807) is 30.5 Å². The number of halogens is 1. The highest BCUT2D eigenvalue weighted by Crippen LogP contribution is 2.19. The topological polar surface area (TPSA) is 63.2 Å². The number of amides is 1. The summed E-state index contributed by atoms with van der Waals surface area (Å²) in [4.78, 5) is 16.7. The molecule has 0 saturated carbocycles. The maximum atomic E-state index is 12.4. The standard InChI is InChI=1S/C21H20ClN3O2/c1-27-19-8-3-2-7-18(19)21(26)25-20-10-9-17(14-24-20)23-12-11-15-5-4-6-16(22)13-15/h2-10,13-14,23H,11-12H2,1H3,(H,24,25,26). The van der Waals surface area contributed by atoms with Gasteiger partial charge >= 0.3 is 0 Å². The molecule has 0 aliphatic rings. The van der Waals surface area contributed by atoms with E-state index >= 15 is 0 Å². The molecule has 0 spiro atoms. The Balaban J connectivity index is 1.54. The van der Waals surface area contributed by atoms with Gasteiger partial charge in [0.2, 0.25) is 0 Å². The van der Waals surface area contributed by atoms with E-state index in [9.17, 15) is 4.79 Å². The Labute approximate surface area is 163 Å². The molecule has 2 aromatic carbocycles. The maximum Gasteiger partial charge on any atom is 0.260 e. The van der Waals surface area contributed by atoms with Crippen molar-refractivity contribution in [3.8, 4) is 5.75 Å². The second-order valence-electron chi connectivity index (χ2n) is 5.89. The Bertz CT molecular complexity index is 913. The van der Waals surface area contributed by atoms with Gasteiger partial charge < -0.3 is 15.4 Å². The molecule has 0 bridgehead atoms. The van der Waals surface area contributed by atoms with Crippen LogP contribution in [0.25, 0.3) is 0 Å². The van der Waals surface area contributed by atoms with Crippen LogP contribution in [0.4, 0.5) is 11.5 Å². The number of methoxy groups -OCH3 is 1. The number of carbonyl (C=O) groups is 1. The molecule has 138 valence electrons. The number of rotatable bonds is 7. The summed E-state index contributed by atoms with van der Waals surface area (Å²) in [5.41, 5.74) is 2.52. The summed E-state index contributed by atoms with van der Waals surface area (Å²) in [7, 11) is 1.54. The largest absolute Gasteiger partial charge is 0.496 e. The molecule has 0 saturated heterocycles. The molecule has 27 heavy (non-hydrogen) atoms. The highest BCUT2D eigenvalue weighted by Gasteiger charge is 2.12. The van der Waals surface area contributed by atoms with Crippen LogP contribution < -0.4 is 15.4 Å². The number of benzene rings is 2. The zero-order valence-corrected chi connectivity index (χ0v) is 15.7. The van der Waals surface area contributed by atoms with Crippen LogP contribution in [-0.4, -0.2) is 24.5 Å². The summed E-state index contributed by atoms with van der Waals surface area (Å²) in [6.07, 6.45) is 2.54. The van der Waals surface area contributed by atoms with Gasteiger partial charge in [0, 0.05) is 11.6 Å². The number of anilines is 2. The van der Waals surface area contributed by atoms with E-state index in [4.69, 9.17) is 16.3 Å². The summed E-state index contributed by atoms with van der Waals surface area (Å²) in [5, 5.41) is 6.82. The summed E-state index contributed by atoms with van der Waals surface area (Å²) in [6.45, 7) is 0.759.